The molecule has 0 aromatic carbocycles. The Balaban J connectivity index is 1.62. The maximum atomic E-state index is 12.6. The van der Waals surface area contributed by atoms with E-state index in [1.165, 1.54) is 6.20 Å². The maximum absolute atomic E-state index is 12.6. The molecule has 2 heterocycles. The first-order valence-electron chi connectivity index (χ1n) is 8.90. The van der Waals surface area contributed by atoms with E-state index in [1.54, 1.807) is 4.90 Å². The molecule has 0 spiro atoms. The monoisotopic (exact) mass is 371 g/mol. The second kappa shape index (κ2) is 6.70. The third-order valence-corrected chi connectivity index (χ3v) is 4.87. The van der Waals surface area contributed by atoms with Gasteiger partial charge in [0.25, 0.3) is 0 Å². The van der Waals surface area contributed by atoms with Gasteiger partial charge >= 0.3 is 12.3 Å². The average molecular weight is 371 g/mol. The van der Waals surface area contributed by atoms with Crippen LogP contribution in [0, 0.1) is 11.8 Å². The standard InChI is InChI=1S/C18H24F3N3O2/c1-17(2,3)26-16(25)24-10-12-6-11(12)7-14(24)5-4-13-8-23-15(9-22-13)18(19,20)21/h8-9,11-12,14H,4-7,10H2,1-3H3/t11-,12+,14+/m0/s1. The van der Waals surface area contributed by atoms with E-state index < -0.39 is 17.5 Å². The number of rotatable bonds is 3. The molecule has 144 valence electrons. The fraction of sp³-hybridized carbons (Fsp3) is 0.722. The highest BCUT2D eigenvalue weighted by atomic mass is 19.4. The summed E-state index contributed by atoms with van der Waals surface area (Å²) >= 11 is 0. The summed E-state index contributed by atoms with van der Waals surface area (Å²) in [5.74, 6) is 1.21. The van der Waals surface area contributed by atoms with Crippen molar-refractivity contribution in [1.82, 2.24) is 14.9 Å². The molecule has 1 saturated carbocycles. The van der Waals surface area contributed by atoms with E-state index in [0.717, 1.165) is 19.0 Å². The van der Waals surface area contributed by atoms with E-state index in [2.05, 4.69) is 9.97 Å². The highest BCUT2D eigenvalue weighted by Gasteiger charge is 2.47. The normalized spacial score (nSPS) is 25.6. The van der Waals surface area contributed by atoms with Crippen molar-refractivity contribution in [2.75, 3.05) is 6.54 Å². The van der Waals surface area contributed by atoms with Gasteiger partial charge in [-0.2, -0.15) is 13.2 Å². The lowest BCUT2D eigenvalue weighted by Crippen LogP contribution is -2.47. The summed E-state index contributed by atoms with van der Waals surface area (Å²) in [6, 6.07) is 0.0256. The van der Waals surface area contributed by atoms with Crippen LogP contribution in [0.5, 0.6) is 0 Å². The van der Waals surface area contributed by atoms with Crippen molar-refractivity contribution in [3.05, 3.63) is 23.8 Å². The number of carbonyl (C=O) groups excluding carboxylic acids is 1. The molecule has 1 amide bonds. The van der Waals surface area contributed by atoms with Crippen LogP contribution in [0.15, 0.2) is 12.4 Å². The van der Waals surface area contributed by atoms with E-state index in [0.29, 0.717) is 36.9 Å². The molecule has 3 rings (SSSR count). The van der Waals surface area contributed by atoms with Crippen LogP contribution in [0.1, 0.15) is 51.4 Å². The third kappa shape index (κ3) is 4.65. The average Bonchev–Trinajstić information content (AvgIpc) is 3.28. The topological polar surface area (TPSA) is 55.3 Å². The van der Waals surface area contributed by atoms with Gasteiger partial charge < -0.3 is 9.64 Å². The van der Waals surface area contributed by atoms with Gasteiger partial charge in [-0.3, -0.25) is 4.98 Å². The SMILES string of the molecule is CC(C)(C)OC(=O)N1C[C@H]2C[C@H]2C[C@H]1CCc1cnc(C(F)(F)F)cn1. The van der Waals surface area contributed by atoms with E-state index >= 15 is 0 Å². The van der Waals surface area contributed by atoms with Crippen molar-refractivity contribution < 1.29 is 22.7 Å². The Hall–Kier alpha value is -1.86. The number of aryl methyl sites for hydroxylation is 1. The van der Waals surface area contributed by atoms with Gasteiger partial charge in [0.15, 0.2) is 5.69 Å². The number of piperidine rings is 1. The molecule has 0 bridgehead atoms. The zero-order valence-electron chi connectivity index (χ0n) is 15.2. The Morgan fingerprint density at radius 2 is 1.92 bits per heavy atom. The summed E-state index contributed by atoms with van der Waals surface area (Å²) in [4.78, 5) is 21.6. The van der Waals surface area contributed by atoms with Crippen molar-refractivity contribution in [2.45, 2.75) is 64.3 Å². The van der Waals surface area contributed by atoms with Gasteiger partial charge in [-0.05, 0) is 58.3 Å². The molecule has 1 aliphatic carbocycles. The van der Waals surface area contributed by atoms with Crippen molar-refractivity contribution in [1.29, 1.82) is 0 Å². The molecule has 1 aromatic heterocycles. The molecular weight excluding hydrogens is 347 g/mol. The van der Waals surface area contributed by atoms with Gasteiger partial charge in [-0.15, -0.1) is 0 Å². The molecule has 3 atom stereocenters. The molecule has 1 aliphatic heterocycles. The summed E-state index contributed by atoms with van der Waals surface area (Å²) in [5, 5.41) is 0. The fourth-order valence-corrected chi connectivity index (χ4v) is 3.46. The molecule has 26 heavy (non-hydrogen) atoms. The fourth-order valence-electron chi connectivity index (χ4n) is 3.46. The van der Waals surface area contributed by atoms with E-state index in [4.69, 9.17) is 4.74 Å². The van der Waals surface area contributed by atoms with E-state index in [-0.39, 0.29) is 12.1 Å². The van der Waals surface area contributed by atoms with Gasteiger partial charge in [0, 0.05) is 18.8 Å². The lowest BCUT2D eigenvalue weighted by molar-refractivity contribution is -0.141. The molecule has 0 unspecified atom stereocenters. The molecule has 8 heteroatoms. The third-order valence-electron chi connectivity index (χ3n) is 4.87. The van der Waals surface area contributed by atoms with Crippen molar-refractivity contribution in [3.63, 3.8) is 0 Å². The summed E-state index contributed by atoms with van der Waals surface area (Å²) in [7, 11) is 0. The lowest BCUT2D eigenvalue weighted by Gasteiger charge is -2.36. The summed E-state index contributed by atoms with van der Waals surface area (Å²) in [5.41, 5.74) is -1.05. The minimum atomic E-state index is -4.48. The molecular formula is C18H24F3N3O2. The molecule has 1 aromatic rings. The minimum Gasteiger partial charge on any atom is -0.444 e. The summed E-state index contributed by atoms with van der Waals surface area (Å²) < 4.78 is 43.2. The number of aromatic nitrogens is 2. The Morgan fingerprint density at radius 3 is 2.50 bits per heavy atom. The Labute approximate surface area is 150 Å². The zero-order chi connectivity index (χ0) is 19.1. The molecule has 2 aliphatic rings. The van der Waals surface area contributed by atoms with Gasteiger partial charge in [-0.25, -0.2) is 9.78 Å². The number of halogens is 3. The van der Waals surface area contributed by atoms with Crippen LogP contribution in [0.3, 0.4) is 0 Å². The number of amides is 1. The number of likely N-dealkylation sites (tertiary alicyclic amines) is 1. The van der Waals surface area contributed by atoms with Gasteiger partial charge in [0.1, 0.15) is 5.60 Å². The number of alkyl halides is 3. The van der Waals surface area contributed by atoms with E-state index in [9.17, 15) is 18.0 Å². The van der Waals surface area contributed by atoms with Crippen LogP contribution in [0.25, 0.3) is 0 Å². The summed E-state index contributed by atoms with van der Waals surface area (Å²) in [6.45, 7) is 6.20. The molecule has 5 nitrogen and oxygen atoms in total. The molecule has 0 N–H and O–H groups in total. The number of hydrogen-bond acceptors (Lipinski definition) is 4. The molecule has 2 fully saturated rings. The highest BCUT2D eigenvalue weighted by molar-refractivity contribution is 5.69. The highest BCUT2D eigenvalue weighted by Crippen LogP contribution is 2.48. The van der Waals surface area contributed by atoms with E-state index in [1.807, 2.05) is 20.8 Å². The van der Waals surface area contributed by atoms with Crippen LogP contribution >= 0.6 is 0 Å². The second-order valence-corrected chi connectivity index (χ2v) is 8.21. The largest absolute Gasteiger partial charge is 0.444 e. The predicted molar refractivity (Wildman–Crippen MR) is 88.3 cm³/mol. The van der Waals surface area contributed by atoms with Crippen LogP contribution in [-0.2, 0) is 17.3 Å². The van der Waals surface area contributed by atoms with Crippen molar-refractivity contribution in [2.24, 2.45) is 11.8 Å². The number of ether oxygens (including phenoxy) is 1. The smallest absolute Gasteiger partial charge is 0.434 e. The quantitative estimate of drug-likeness (QED) is 0.804. The van der Waals surface area contributed by atoms with Crippen LogP contribution in [0.2, 0.25) is 0 Å². The summed E-state index contributed by atoms with van der Waals surface area (Å²) in [6.07, 6.45) is 0.306. The minimum absolute atomic E-state index is 0.0256. The maximum Gasteiger partial charge on any atom is 0.434 e. The van der Waals surface area contributed by atoms with Gasteiger partial charge in [-0.1, -0.05) is 0 Å². The number of hydrogen-bond donors (Lipinski definition) is 0. The van der Waals surface area contributed by atoms with Crippen LogP contribution in [-0.4, -0.2) is 39.1 Å². The molecule has 0 radical (unpaired) electrons. The first kappa shape index (κ1) is 18.9. The van der Waals surface area contributed by atoms with Crippen LogP contribution < -0.4 is 0 Å². The van der Waals surface area contributed by atoms with Gasteiger partial charge in [0.2, 0.25) is 0 Å². The first-order valence-corrected chi connectivity index (χ1v) is 8.90. The first-order chi connectivity index (χ1) is 12.0. The second-order valence-electron chi connectivity index (χ2n) is 8.21. The van der Waals surface area contributed by atoms with Crippen molar-refractivity contribution in [3.8, 4) is 0 Å². The number of carbonyl (C=O) groups is 1. The van der Waals surface area contributed by atoms with Gasteiger partial charge in [0.05, 0.1) is 11.9 Å². The predicted octanol–water partition coefficient (Wildman–Crippen LogP) is 4.07. The Bertz CT molecular complexity index is 655. The van der Waals surface area contributed by atoms with Crippen LogP contribution in [0.4, 0.5) is 18.0 Å². The Morgan fingerprint density at radius 1 is 1.19 bits per heavy atom. The number of fused-ring (bicyclic) bond motifs is 1. The lowest BCUT2D eigenvalue weighted by atomic mass is 9.97. The zero-order valence-corrected chi connectivity index (χ0v) is 15.2. The molecule has 1 saturated heterocycles. The van der Waals surface area contributed by atoms with Crippen molar-refractivity contribution >= 4 is 6.09 Å². The number of nitrogens with zero attached hydrogens (tertiary/aromatic N) is 3. The Kier molecular flexibility index (Phi) is 4.88.